The summed E-state index contributed by atoms with van der Waals surface area (Å²) in [6.45, 7) is 0.529. The number of hydrogen-bond donors (Lipinski definition) is 0. The van der Waals surface area contributed by atoms with Gasteiger partial charge in [0.1, 0.15) is 6.33 Å². The molecule has 0 saturated carbocycles. The van der Waals surface area contributed by atoms with Gasteiger partial charge in [-0.2, -0.15) is 0 Å². The fourth-order valence-corrected chi connectivity index (χ4v) is 2.19. The van der Waals surface area contributed by atoms with E-state index in [1.54, 1.807) is 17.2 Å². The van der Waals surface area contributed by atoms with Gasteiger partial charge in [-0.05, 0) is 11.6 Å². The van der Waals surface area contributed by atoms with E-state index in [1.807, 2.05) is 24.3 Å². The van der Waals surface area contributed by atoms with E-state index >= 15 is 0 Å². The first-order chi connectivity index (χ1) is 7.68. The maximum atomic E-state index is 11.4. The molecule has 0 aliphatic carbocycles. The van der Waals surface area contributed by atoms with Gasteiger partial charge in [-0.25, -0.2) is 0 Å². The molecule has 0 N–H and O–H groups in total. The molecule has 1 aromatic carbocycles. The number of aromatic nitrogens is 3. The van der Waals surface area contributed by atoms with E-state index in [1.165, 1.54) is 0 Å². The van der Waals surface area contributed by atoms with Crippen molar-refractivity contribution in [1.82, 2.24) is 14.8 Å². The summed E-state index contributed by atoms with van der Waals surface area (Å²) in [5.41, 5.74) is 0.954. The van der Waals surface area contributed by atoms with Crippen molar-refractivity contribution in [3.05, 3.63) is 41.2 Å². The molecule has 0 saturated heterocycles. The molecular formula is C10H10ClN3OS. The predicted octanol–water partition coefficient (Wildman–Crippen LogP) is 1.72. The van der Waals surface area contributed by atoms with E-state index < -0.39 is 10.8 Å². The first kappa shape index (κ1) is 11.3. The SMILES string of the molecule is CS(=O)c1nncn1Cc1ccccc1Cl. The van der Waals surface area contributed by atoms with Crippen molar-refractivity contribution in [2.45, 2.75) is 11.7 Å². The molecule has 0 amide bonds. The highest BCUT2D eigenvalue weighted by Crippen LogP contribution is 2.16. The molecule has 4 nitrogen and oxygen atoms in total. The fourth-order valence-electron chi connectivity index (χ4n) is 1.39. The lowest BCUT2D eigenvalue weighted by Crippen LogP contribution is -2.05. The topological polar surface area (TPSA) is 47.8 Å². The van der Waals surface area contributed by atoms with Crippen molar-refractivity contribution in [2.75, 3.05) is 6.26 Å². The van der Waals surface area contributed by atoms with Gasteiger partial charge in [-0.1, -0.05) is 29.8 Å². The number of hydrogen-bond acceptors (Lipinski definition) is 3. The second-order valence-electron chi connectivity index (χ2n) is 3.29. The Kier molecular flexibility index (Phi) is 3.36. The molecule has 0 aliphatic heterocycles. The molecule has 1 atom stereocenters. The molecule has 1 heterocycles. The highest BCUT2D eigenvalue weighted by Gasteiger charge is 2.09. The van der Waals surface area contributed by atoms with Crippen LogP contribution in [0.5, 0.6) is 0 Å². The first-order valence-electron chi connectivity index (χ1n) is 4.63. The highest BCUT2D eigenvalue weighted by molar-refractivity contribution is 7.84. The molecule has 0 radical (unpaired) electrons. The van der Waals surface area contributed by atoms with Crippen molar-refractivity contribution >= 4 is 22.4 Å². The number of benzene rings is 1. The monoisotopic (exact) mass is 255 g/mol. The van der Waals surface area contributed by atoms with E-state index in [0.717, 1.165) is 5.56 Å². The third kappa shape index (κ3) is 2.31. The summed E-state index contributed by atoms with van der Waals surface area (Å²) in [6, 6.07) is 7.53. The number of nitrogens with zero attached hydrogens (tertiary/aromatic N) is 3. The van der Waals surface area contributed by atoms with E-state index in [-0.39, 0.29) is 0 Å². The molecule has 0 bridgehead atoms. The van der Waals surface area contributed by atoms with Crippen LogP contribution in [0.1, 0.15) is 5.56 Å². The number of rotatable bonds is 3. The maximum absolute atomic E-state index is 11.4. The van der Waals surface area contributed by atoms with E-state index in [4.69, 9.17) is 11.6 Å². The third-order valence-electron chi connectivity index (χ3n) is 2.14. The minimum absolute atomic E-state index is 0.458. The first-order valence-corrected chi connectivity index (χ1v) is 6.56. The Morgan fingerprint density at radius 1 is 1.44 bits per heavy atom. The molecule has 84 valence electrons. The summed E-state index contributed by atoms with van der Waals surface area (Å²) in [4.78, 5) is 0. The Morgan fingerprint density at radius 2 is 2.19 bits per heavy atom. The van der Waals surface area contributed by atoms with Gasteiger partial charge in [0, 0.05) is 11.3 Å². The molecule has 1 aromatic heterocycles. The Labute approximate surface area is 101 Å². The van der Waals surface area contributed by atoms with Gasteiger partial charge in [0.25, 0.3) is 0 Å². The largest absolute Gasteiger partial charge is 0.302 e. The van der Waals surface area contributed by atoms with Crippen molar-refractivity contribution in [1.29, 1.82) is 0 Å². The highest BCUT2D eigenvalue weighted by atomic mass is 35.5. The van der Waals surface area contributed by atoms with Crippen LogP contribution in [0.25, 0.3) is 0 Å². The second-order valence-corrected chi connectivity index (χ2v) is 4.97. The average molecular weight is 256 g/mol. The van der Waals surface area contributed by atoms with Gasteiger partial charge in [0.15, 0.2) is 0 Å². The quantitative estimate of drug-likeness (QED) is 0.839. The van der Waals surface area contributed by atoms with Gasteiger partial charge in [-0.15, -0.1) is 10.2 Å². The van der Waals surface area contributed by atoms with Gasteiger partial charge in [0.05, 0.1) is 17.3 Å². The van der Waals surface area contributed by atoms with Crippen LogP contribution < -0.4 is 0 Å². The zero-order valence-corrected chi connectivity index (χ0v) is 10.2. The Bertz CT molecular complexity index is 526. The molecular weight excluding hydrogens is 246 g/mol. The predicted molar refractivity (Wildman–Crippen MR) is 62.9 cm³/mol. The van der Waals surface area contributed by atoms with Crippen LogP contribution in [0, 0.1) is 0 Å². The van der Waals surface area contributed by atoms with Crippen LogP contribution in [0.3, 0.4) is 0 Å². The smallest absolute Gasteiger partial charge is 0.221 e. The van der Waals surface area contributed by atoms with Gasteiger partial charge in [0.2, 0.25) is 5.16 Å². The summed E-state index contributed by atoms with van der Waals surface area (Å²) in [5, 5.41) is 8.70. The van der Waals surface area contributed by atoms with Crippen LogP contribution in [0.15, 0.2) is 35.7 Å². The van der Waals surface area contributed by atoms with Crippen molar-refractivity contribution in [2.24, 2.45) is 0 Å². The van der Waals surface area contributed by atoms with E-state index in [2.05, 4.69) is 10.2 Å². The van der Waals surface area contributed by atoms with Crippen molar-refractivity contribution in [3.63, 3.8) is 0 Å². The summed E-state index contributed by atoms with van der Waals surface area (Å²) in [5.74, 6) is 0. The summed E-state index contributed by atoms with van der Waals surface area (Å²) in [6.07, 6.45) is 3.13. The second kappa shape index (κ2) is 4.76. The van der Waals surface area contributed by atoms with Crippen molar-refractivity contribution < 1.29 is 4.21 Å². The Hall–Kier alpha value is -1.20. The molecule has 0 fully saturated rings. The standard InChI is InChI=1S/C10H10ClN3OS/c1-16(15)10-13-12-7-14(10)6-8-4-2-3-5-9(8)11/h2-5,7H,6H2,1H3. The molecule has 0 spiro atoms. The minimum atomic E-state index is -1.14. The Morgan fingerprint density at radius 3 is 2.88 bits per heavy atom. The molecule has 16 heavy (non-hydrogen) atoms. The van der Waals surface area contributed by atoms with Gasteiger partial charge < -0.3 is 4.57 Å². The maximum Gasteiger partial charge on any atom is 0.221 e. The number of halogens is 1. The Balaban J connectivity index is 2.31. The lowest BCUT2D eigenvalue weighted by atomic mass is 10.2. The molecule has 0 aliphatic rings. The normalized spacial score (nSPS) is 12.6. The van der Waals surface area contributed by atoms with Gasteiger partial charge in [-0.3, -0.25) is 4.21 Å². The molecule has 6 heteroatoms. The van der Waals surface area contributed by atoms with E-state index in [0.29, 0.717) is 16.7 Å². The van der Waals surface area contributed by atoms with Crippen LogP contribution in [0.4, 0.5) is 0 Å². The zero-order chi connectivity index (χ0) is 11.5. The summed E-state index contributed by atoms with van der Waals surface area (Å²) in [7, 11) is -1.14. The minimum Gasteiger partial charge on any atom is -0.302 e. The lowest BCUT2D eigenvalue weighted by molar-refractivity contribution is 0.653. The molecule has 2 aromatic rings. The zero-order valence-electron chi connectivity index (χ0n) is 8.63. The van der Waals surface area contributed by atoms with Crippen LogP contribution in [-0.2, 0) is 17.3 Å². The van der Waals surface area contributed by atoms with Crippen LogP contribution in [0.2, 0.25) is 5.02 Å². The van der Waals surface area contributed by atoms with Crippen LogP contribution >= 0.6 is 11.6 Å². The molecule has 1 unspecified atom stereocenters. The molecule has 2 rings (SSSR count). The fraction of sp³-hybridized carbons (Fsp3) is 0.200. The van der Waals surface area contributed by atoms with E-state index in [9.17, 15) is 4.21 Å². The third-order valence-corrected chi connectivity index (χ3v) is 3.33. The summed E-state index contributed by atoms with van der Waals surface area (Å²) < 4.78 is 13.1. The van der Waals surface area contributed by atoms with Gasteiger partial charge >= 0.3 is 0 Å². The van der Waals surface area contributed by atoms with Crippen LogP contribution in [-0.4, -0.2) is 25.2 Å². The lowest BCUT2D eigenvalue weighted by Gasteiger charge is -2.06. The summed E-state index contributed by atoms with van der Waals surface area (Å²) >= 11 is 6.04. The average Bonchev–Trinajstić information content (AvgIpc) is 2.69. The van der Waals surface area contributed by atoms with Crippen molar-refractivity contribution in [3.8, 4) is 0 Å².